The maximum atomic E-state index is 6.05. The van der Waals surface area contributed by atoms with Gasteiger partial charge in [-0.3, -0.25) is 0 Å². The zero-order chi connectivity index (χ0) is 10.1. The molecule has 0 amide bonds. The summed E-state index contributed by atoms with van der Waals surface area (Å²) in [6, 6.07) is 6.90. The van der Waals surface area contributed by atoms with Gasteiger partial charge in [0.25, 0.3) is 0 Å². The molecule has 0 fully saturated rings. The summed E-state index contributed by atoms with van der Waals surface area (Å²) in [5.41, 5.74) is 10.5. The first-order valence-corrected chi connectivity index (χ1v) is 5.54. The highest BCUT2D eigenvalue weighted by molar-refractivity contribution is 5.40. The topological polar surface area (TPSA) is 26.0 Å². The molecule has 76 valence electrons. The molecule has 1 aliphatic carbocycles. The van der Waals surface area contributed by atoms with E-state index in [1.54, 1.807) is 0 Å². The van der Waals surface area contributed by atoms with Crippen LogP contribution in [0.4, 0.5) is 0 Å². The average molecular weight is 189 g/mol. The Hall–Kier alpha value is -0.820. The van der Waals surface area contributed by atoms with Gasteiger partial charge in [-0.05, 0) is 41.9 Å². The van der Waals surface area contributed by atoms with Crippen molar-refractivity contribution >= 4 is 0 Å². The molecule has 0 aromatic heterocycles. The minimum absolute atomic E-state index is 0.289. The summed E-state index contributed by atoms with van der Waals surface area (Å²) in [5, 5.41) is 0. The molecule has 2 rings (SSSR count). The smallest absolute Gasteiger partial charge is 0.0300 e. The highest BCUT2D eigenvalue weighted by atomic mass is 14.6. The van der Waals surface area contributed by atoms with Crippen molar-refractivity contribution in [2.24, 2.45) is 11.7 Å². The zero-order valence-electron chi connectivity index (χ0n) is 9.09. The maximum Gasteiger partial charge on any atom is 0.0300 e. The molecule has 1 aliphatic rings. The van der Waals surface area contributed by atoms with E-state index in [0.29, 0.717) is 0 Å². The minimum Gasteiger partial charge on any atom is -0.324 e. The summed E-state index contributed by atoms with van der Waals surface area (Å²) in [6.45, 7) is 4.54. The van der Waals surface area contributed by atoms with Crippen molar-refractivity contribution in [2.75, 3.05) is 0 Å². The molecular formula is C13H19N. The Morgan fingerprint density at radius 3 is 2.93 bits per heavy atom. The Labute approximate surface area is 86.3 Å². The van der Waals surface area contributed by atoms with Crippen molar-refractivity contribution in [1.29, 1.82) is 0 Å². The summed E-state index contributed by atoms with van der Waals surface area (Å²) in [7, 11) is 0. The average Bonchev–Trinajstić information content (AvgIpc) is 2.49. The SMILES string of the molecule is CC(C)Cc1cccc2c1CC[C@@H]2N. The van der Waals surface area contributed by atoms with E-state index in [1.807, 2.05) is 0 Å². The fraction of sp³-hybridized carbons (Fsp3) is 0.538. The third kappa shape index (κ3) is 1.69. The lowest BCUT2D eigenvalue weighted by atomic mass is 9.95. The van der Waals surface area contributed by atoms with Crippen LogP contribution >= 0.6 is 0 Å². The predicted molar refractivity (Wildman–Crippen MR) is 60.2 cm³/mol. The van der Waals surface area contributed by atoms with Gasteiger partial charge in [-0.2, -0.15) is 0 Å². The molecule has 1 aromatic rings. The summed E-state index contributed by atoms with van der Waals surface area (Å²) >= 11 is 0. The van der Waals surface area contributed by atoms with E-state index in [2.05, 4.69) is 32.0 Å². The van der Waals surface area contributed by atoms with Gasteiger partial charge in [0.2, 0.25) is 0 Å². The fourth-order valence-corrected chi connectivity index (χ4v) is 2.39. The van der Waals surface area contributed by atoms with Crippen LogP contribution in [0.3, 0.4) is 0 Å². The Morgan fingerprint density at radius 1 is 1.43 bits per heavy atom. The number of nitrogens with two attached hydrogens (primary N) is 1. The second kappa shape index (κ2) is 3.74. The Bertz CT molecular complexity index is 328. The lowest BCUT2D eigenvalue weighted by Gasteiger charge is -2.11. The van der Waals surface area contributed by atoms with Crippen molar-refractivity contribution < 1.29 is 0 Å². The van der Waals surface area contributed by atoms with Gasteiger partial charge in [0.15, 0.2) is 0 Å². The van der Waals surface area contributed by atoms with Crippen LogP contribution in [0.15, 0.2) is 18.2 Å². The molecule has 0 radical (unpaired) electrons. The van der Waals surface area contributed by atoms with Gasteiger partial charge >= 0.3 is 0 Å². The van der Waals surface area contributed by atoms with E-state index in [-0.39, 0.29) is 6.04 Å². The first kappa shape index (κ1) is 9.72. The van der Waals surface area contributed by atoms with Crippen LogP contribution in [0.25, 0.3) is 0 Å². The molecule has 0 heterocycles. The molecular weight excluding hydrogens is 170 g/mol. The molecule has 2 N–H and O–H groups in total. The Kier molecular flexibility index (Phi) is 2.60. The third-order valence-corrected chi connectivity index (χ3v) is 3.04. The van der Waals surface area contributed by atoms with Crippen LogP contribution in [0, 0.1) is 5.92 Å². The van der Waals surface area contributed by atoms with Gasteiger partial charge in [-0.15, -0.1) is 0 Å². The van der Waals surface area contributed by atoms with Gasteiger partial charge < -0.3 is 5.73 Å². The molecule has 1 atom stereocenters. The molecule has 0 unspecified atom stereocenters. The van der Waals surface area contributed by atoms with E-state index in [1.165, 1.54) is 29.5 Å². The van der Waals surface area contributed by atoms with Crippen molar-refractivity contribution in [2.45, 2.75) is 39.2 Å². The third-order valence-electron chi connectivity index (χ3n) is 3.04. The molecule has 0 spiro atoms. The van der Waals surface area contributed by atoms with E-state index in [4.69, 9.17) is 5.73 Å². The Balaban J connectivity index is 2.34. The van der Waals surface area contributed by atoms with Crippen LogP contribution in [-0.4, -0.2) is 0 Å². The first-order valence-electron chi connectivity index (χ1n) is 5.54. The number of benzene rings is 1. The zero-order valence-corrected chi connectivity index (χ0v) is 9.09. The number of rotatable bonds is 2. The van der Waals surface area contributed by atoms with Crippen molar-refractivity contribution in [3.05, 3.63) is 34.9 Å². The maximum absolute atomic E-state index is 6.05. The van der Waals surface area contributed by atoms with Gasteiger partial charge in [-0.25, -0.2) is 0 Å². The monoisotopic (exact) mass is 189 g/mol. The van der Waals surface area contributed by atoms with E-state index < -0.39 is 0 Å². The number of hydrogen-bond donors (Lipinski definition) is 1. The van der Waals surface area contributed by atoms with Crippen LogP contribution in [0.1, 0.15) is 43.0 Å². The first-order chi connectivity index (χ1) is 6.68. The molecule has 0 aliphatic heterocycles. The van der Waals surface area contributed by atoms with Crippen LogP contribution < -0.4 is 5.73 Å². The van der Waals surface area contributed by atoms with Crippen molar-refractivity contribution in [3.63, 3.8) is 0 Å². The minimum atomic E-state index is 0.289. The standard InChI is InChI=1S/C13H19N/c1-9(2)8-10-4-3-5-12-11(10)6-7-13(12)14/h3-5,9,13H,6-8,14H2,1-2H3/t13-/m0/s1. The fourth-order valence-electron chi connectivity index (χ4n) is 2.39. The molecule has 1 heteroatoms. The predicted octanol–water partition coefficient (Wildman–Crippen LogP) is 2.83. The van der Waals surface area contributed by atoms with Gasteiger partial charge in [0.1, 0.15) is 0 Å². The van der Waals surface area contributed by atoms with Gasteiger partial charge in [0, 0.05) is 6.04 Å². The second-order valence-electron chi connectivity index (χ2n) is 4.73. The molecule has 1 aromatic carbocycles. The lowest BCUT2D eigenvalue weighted by molar-refractivity contribution is 0.643. The van der Waals surface area contributed by atoms with E-state index >= 15 is 0 Å². The largest absolute Gasteiger partial charge is 0.324 e. The van der Waals surface area contributed by atoms with Crippen molar-refractivity contribution in [1.82, 2.24) is 0 Å². The highest BCUT2D eigenvalue weighted by Gasteiger charge is 2.21. The van der Waals surface area contributed by atoms with E-state index in [9.17, 15) is 0 Å². The van der Waals surface area contributed by atoms with Crippen LogP contribution in [0.5, 0.6) is 0 Å². The summed E-state index contributed by atoms with van der Waals surface area (Å²) in [5.74, 6) is 0.735. The summed E-state index contributed by atoms with van der Waals surface area (Å²) in [6.07, 6.45) is 3.50. The summed E-state index contributed by atoms with van der Waals surface area (Å²) < 4.78 is 0. The van der Waals surface area contributed by atoms with Crippen LogP contribution in [-0.2, 0) is 12.8 Å². The molecule has 1 nitrogen and oxygen atoms in total. The number of fused-ring (bicyclic) bond motifs is 1. The lowest BCUT2D eigenvalue weighted by Crippen LogP contribution is -2.05. The Morgan fingerprint density at radius 2 is 2.21 bits per heavy atom. The quantitative estimate of drug-likeness (QED) is 0.760. The van der Waals surface area contributed by atoms with Crippen LogP contribution in [0.2, 0.25) is 0 Å². The summed E-state index contributed by atoms with van der Waals surface area (Å²) in [4.78, 5) is 0. The van der Waals surface area contributed by atoms with Crippen molar-refractivity contribution in [3.8, 4) is 0 Å². The van der Waals surface area contributed by atoms with Gasteiger partial charge in [0.05, 0.1) is 0 Å². The molecule has 0 saturated carbocycles. The van der Waals surface area contributed by atoms with E-state index in [0.717, 1.165) is 12.3 Å². The molecule has 14 heavy (non-hydrogen) atoms. The molecule has 0 bridgehead atoms. The second-order valence-corrected chi connectivity index (χ2v) is 4.73. The number of hydrogen-bond acceptors (Lipinski definition) is 1. The molecule has 0 saturated heterocycles. The normalized spacial score (nSPS) is 20.1. The van der Waals surface area contributed by atoms with Gasteiger partial charge in [-0.1, -0.05) is 32.0 Å². The highest BCUT2D eigenvalue weighted by Crippen LogP contribution is 2.32.